The number of nitrogens with zero attached hydrogens (tertiary/aromatic N) is 1. The van der Waals surface area contributed by atoms with Crippen molar-refractivity contribution in [3.63, 3.8) is 0 Å². The first-order valence-electron chi connectivity index (χ1n) is 6.50. The van der Waals surface area contributed by atoms with Crippen molar-refractivity contribution >= 4 is 31.9 Å². The number of methoxy groups -OCH3 is 1. The predicted octanol–water partition coefficient (Wildman–Crippen LogP) is 4.65. The Morgan fingerprint density at radius 3 is 2.40 bits per heavy atom. The summed E-state index contributed by atoms with van der Waals surface area (Å²) < 4.78 is 6.20. The molecule has 0 bridgehead atoms. The fourth-order valence-corrected chi connectivity index (χ4v) is 2.79. The van der Waals surface area contributed by atoms with Gasteiger partial charge in [0.15, 0.2) is 0 Å². The minimum atomic E-state index is 0.539. The molecule has 0 aliphatic carbocycles. The normalized spacial score (nSPS) is 12.2. The summed E-state index contributed by atoms with van der Waals surface area (Å²) in [5, 5.41) is 0.969. The zero-order valence-electron chi connectivity index (χ0n) is 11.4. The Labute approximate surface area is 136 Å². The van der Waals surface area contributed by atoms with Gasteiger partial charge < -0.3 is 4.74 Å². The van der Waals surface area contributed by atoms with Gasteiger partial charge in [0.1, 0.15) is 5.75 Å². The van der Waals surface area contributed by atoms with Crippen molar-refractivity contribution in [1.29, 1.82) is 0 Å². The maximum atomic E-state index is 5.18. The molecule has 0 spiro atoms. The molecular formula is C16H17Br2NO. The SMILES string of the molecule is COc1ccc(CC(CBr)Cc2ccc(Br)cn2)cc1. The van der Waals surface area contributed by atoms with E-state index in [2.05, 4.69) is 55.0 Å². The van der Waals surface area contributed by atoms with Gasteiger partial charge in [-0.15, -0.1) is 0 Å². The number of ether oxygens (including phenoxy) is 1. The number of aromatic nitrogens is 1. The molecule has 2 nitrogen and oxygen atoms in total. The first-order chi connectivity index (χ1) is 9.71. The van der Waals surface area contributed by atoms with E-state index in [0.29, 0.717) is 5.92 Å². The van der Waals surface area contributed by atoms with E-state index in [1.54, 1.807) is 7.11 Å². The van der Waals surface area contributed by atoms with E-state index >= 15 is 0 Å². The summed E-state index contributed by atoms with van der Waals surface area (Å²) in [6.07, 6.45) is 3.87. The molecule has 1 unspecified atom stereocenters. The summed E-state index contributed by atoms with van der Waals surface area (Å²) in [4.78, 5) is 4.45. The van der Waals surface area contributed by atoms with E-state index in [4.69, 9.17) is 4.74 Å². The lowest BCUT2D eigenvalue weighted by Gasteiger charge is -2.14. The van der Waals surface area contributed by atoms with Gasteiger partial charge in [-0.1, -0.05) is 28.1 Å². The van der Waals surface area contributed by atoms with Crippen LogP contribution in [0.2, 0.25) is 0 Å². The van der Waals surface area contributed by atoms with Gasteiger partial charge in [0.05, 0.1) is 7.11 Å². The molecule has 0 amide bonds. The summed E-state index contributed by atoms with van der Waals surface area (Å²) in [7, 11) is 1.69. The first-order valence-corrected chi connectivity index (χ1v) is 8.42. The van der Waals surface area contributed by atoms with E-state index in [1.807, 2.05) is 24.4 Å². The van der Waals surface area contributed by atoms with Crippen LogP contribution in [0.4, 0.5) is 0 Å². The Kier molecular flexibility index (Phi) is 6.05. The van der Waals surface area contributed by atoms with Gasteiger partial charge in [0, 0.05) is 21.7 Å². The molecule has 0 aliphatic rings. The molecule has 2 rings (SSSR count). The molecule has 4 heteroatoms. The largest absolute Gasteiger partial charge is 0.497 e. The number of hydrogen-bond donors (Lipinski definition) is 0. The summed E-state index contributed by atoms with van der Waals surface area (Å²) in [6.45, 7) is 0. The minimum absolute atomic E-state index is 0.539. The van der Waals surface area contributed by atoms with Gasteiger partial charge in [-0.25, -0.2) is 0 Å². The molecule has 1 aromatic heterocycles. The highest BCUT2D eigenvalue weighted by Crippen LogP contribution is 2.19. The zero-order valence-corrected chi connectivity index (χ0v) is 14.5. The smallest absolute Gasteiger partial charge is 0.118 e. The summed E-state index contributed by atoms with van der Waals surface area (Å²) >= 11 is 7.02. The zero-order chi connectivity index (χ0) is 14.4. The lowest BCUT2D eigenvalue weighted by Crippen LogP contribution is -2.10. The first kappa shape index (κ1) is 15.5. The van der Waals surface area contributed by atoms with Gasteiger partial charge in [-0.05, 0) is 64.5 Å². The fraction of sp³-hybridized carbons (Fsp3) is 0.312. The second-order valence-corrected chi connectivity index (χ2v) is 6.31. The van der Waals surface area contributed by atoms with Gasteiger partial charge in [0.2, 0.25) is 0 Å². The Morgan fingerprint density at radius 1 is 1.10 bits per heavy atom. The van der Waals surface area contributed by atoms with Crippen molar-refractivity contribution < 1.29 is 4.74 Å². The second-order valence-electron chi connectivity index (χ2n) is 4.74. The quantitative estimate of drug-likeness (QED) is 0.660. The Balaban J connectivity index is 1.99. The standard InChI is InChI=1S/C16H17Br2NO/c1-20-16-6-2-12(3-7-16)8-13(10-17)9-15-5-4-14(18)11-19-15/h2-7,11,13H,8-10H2,1H3. The van der Waals surface area contributed by atoms with E-state index in [-0.39, 0.29) is 0 Å². The number of rotatable bonds is 6. The number of benzene rings is 1. The molecule has 0 saturated carbocycles. The van der Waals surface area contributed by atoms with Crippen molar-refractivity contribution in [3.8, 4) is 5.75 Å². The molecule has 20 heavy (non-hydrogen) atoms. The lowest BCUT2D eigenvalue weighted by molar-refractivity contribution is 0.414. The average Bonchev–Trinajstić information content (AvgIpc) is 2.49. The highest BCUT2D eigenvalue weighted by molar-refractivity contribution is 9.10. The average molecular weight is 399 g/mol. The lowest BCUT2D eigenvalue weighted by atomic mass is 9.96. The van der Waals surface area contributed by atoms with Crippen molar-refractivity contribution in [1.82, 2.24) is 4.98 Å². The fourth-order valence-electron chi connectivity index (χ4n) is 2.10. The van der Waals surface area contributed by atoms with Gasteiger partial charge in [-0.2, -0.15) is 0 Å². The van der Waals surface area contributed by atoms with Gasteiger partial charge in [-0.3, -0.25) is 4.98 Å². The Hall–Kier alpha value is -0.870. The molecule has 0 radical (unpaired) electrons. The van der Waals surface area contributed by atoms with Crippen LogP contribution in [-0.4, -0.2) is 17.4 Å². The van der Waals surface area contributed by atoms with E-state index in [0.717, 1.165) is 34.1 Å². The van der Waals surface area contributed by atoms with Crippen LogP contribution >= 0.6 is 31.9 Å². The van der Waals surface area contributed by atoms with Crippen molar-refractivity contribution in [2.45, 2.75) is 12.8 Å². The number of halogens is 2. The van der Waals surface area contributed by atoms with E-state index in [1.165, 1.54) is 5.56 Å². The molecule has 0 fully saturated rings. The van der Waals surface area contributed by atoms with E-state index in [9.17, 15) is 0 Å². The molecular weight excluding hydrogens is 382 g/mol. The van der Waals surface area contributed by atoms with Crippen molar-refractivity contribution in [2.24, 2.45) is 5.92 Å². The summed E-state index contributed by atoms with van der Waals surface area (Å²) in [6, 6.07) is 12.4. The second kappa shape index (κ2) is 7.79. The molecule has 0 N–H and O–H groups in total. The third-order valence-corrected chi connectivity index (χ3v) is 4.57. The predicted molar refractivity (Wildman–Crippen MR) is 89.6 cm³/mol. The summed E-state index contributed by atoms with van der Waals surface area (Å²) in [5.74, 6) is 1.44. The highest BCUT2D eigenvalue weighted by atomic mass is 79.9. The van der Waals surface area contributed by atoms with E-state index < -0.39 is 0 Å². The maximum absolute atomic E-state index is 5.18. The van der Waals surface area contributed by atoms with Crippen LogP contribution in [0.5, 0.6) is 5.75 Å². The maximum Gasteiger partial charge on any atom is 0.118 e. The monoisotopic (exact) mass is 397 g/mol. The molecule has 0 saturated heterocycles. The van der Waals surface area contributed by atoms with Crippen molar-refractivity contribution in [2.75, 3.05) is 12.4 Å². The highest BCUT2D eigenvalue weighted by Gasteiger charge is 2.10. The van der Waals surface area contributed by atoms with Gasteiger partial charge >= 0.3 is 0 Å². The molecule has 1 aromatic carbocycles. The topological polar surface area (TPSA) is 22.1 Å². The molecule has 2 aromatic rings. The number of hydrogen-bond acceptors (Lipinski definition) is 2. The van der Waals surface area contributed by atoms with Gasteiger partial charge in [0.25, 0.3) is 0 Å². The van der Waals surface area contributed by atoms with Crippen LogP contribution in [0.25, 0.3) is 0 Å². The number of alkyl halides is 1. The number of pyridine rings is 1. The van der Waals surface area contributed by atoms with Crippen LogP contribution in [-0.2, 0) is 12.8 Å². The van der Waals surface area contributed by atoms with Crippen molar-refractivity contribution in [3.05, 3.63) is 58.3 Å². The van der Waals surface area contributed by atoms with Crippen LogP contribution < -0.4 is 4.74 Å². The third kappa shape index (κ3) is 4.60. The minimum Gasteiger partial charge on any atom is -0.497 e. The molecule has 0 aliphatic heterocycles. The van der Waals surface area contributed by atoms with Crippen LogP contribution in [0.15, 0.2) is 47.1 Å². The Morgan fingerprint density at radius 2 is 1.85 bits per heavy atom. The Bertz CT molecular complexity index is 525. The van der Waals surface area contributed by atoms with Crippen LogP contribution in [0, 0.1) is 5.92 Å². The third-order valence-electron chi connectivity index (χ3n) is 3.19. The molecule has 1 heterocycles. The molecule has 1 atom stereocenters. The van der Waals surface area contributed by atoms with Crippen LogP contribution in [0.3, 0.4) is 0 Å². The van der Waals surface area contributed by atoms with Crippen LogP contribution in [0.1, 0.15) is 11.3 Å². The summed E-state index contributed by atoms with van der Waals surface area (Å²) in [5.41, 5.74) is 2.46. The molecule has 106 valence electrons.